The van der Waals surface area contributed by atoms with Crippen LogP contribution in [0.3, 0.4) is 0 Å². The molecule has 0 atom stereocenters. The Balaban J connectivity index is 2.34. The lowest BCUT2D eigenvalue weighted by Crippen LogP contribution is -2.33. The highest BCUT2D eigenvalue weighted by molar-refractivity contribution is 6.01. The van der Waals surface area contributed by atoms with Gasteiger partial charge in [0.1, 0.15) is 11.3 Å². The van der Waals surface area contributed by atoms with Crippen molar-refractivity contribution in [2.45, 2.75) is 0 Å². The van der Waals surface area contributed by atoms with Crippen LogP contribution in [0.25, 0.3) is 11.0 Å². The molecular formula is C14H16N2O4. The van der Waals surface area contributed by atoms with Crippen molar-refractivity contribution >= 4 is 16.9 Å². The molecule has 1 heterocycles. The minimum atomic E-state index is -0.844. The molecule has 106 valence electrons. The molecule has 0 bridgehead atoms. The summed E-state index contributed by atoms with van der Waals surface area (Å²) in [5.74, 6) is -0.983. The van der Waals surface area contributed by atoms with Crippen LogP contribution in [-0.4, -0.2) is 43.1 Å². The first-order valence-electron chi connectivity index (χ1n) is 6.18. The molecule has 0 fully saturated rings. The molecule has 2 N–H and O–H groups in total. The summed E-state index contributed by atoms with van der Waals surface area (Å²) in [6.07, 6.45) is 0. The summed E-state index contributed by atoms with van der Waals surface area (Å²) in [6, 6.07) is 6.52. The van der Waals surface area contributed by atoms with Crippen LogP contribution in [0.1, 0.15) is 10.4 Å². The van der Waals surface area contributed by atoms with E-state index in [2.05, 4.69) is 5.32 Å². The maximum absolute atomic E-state index is 12.0. The van der Waals surface area contributed by atoms with Gasteiger partial charge in [-0.3, -0.25) is 4.79 Å². The predicted octanol–water partition coefficient (Wildman–Crippen LogP) is 0.790. The van der Waals surface area contributed by atoms with Crippen LogP contribution in [0.5, 0.6) is 5.75 Å². The number of aromatic hydroxyl groups is 1. The van der Waals surface area contributed by atoms with Crippen molar-refractivity contribution in [3.05, 3.63) is 40.2 Å². The zero-order valence-electron chi connectivity index (χ0n) is 11.3. The Hall–Kier alpha value is -2.34. The van der Waals surface area contributed by atoms with E-state index in [-0.39, 0.29) is 16.9 Å². The van der Waals surface area contributed by atoms with Crippen molar-refractivity contribution in [3.8, 4) is 5.75 Å². The number of amides is 1. The lowest BCUT2D eigenvalue weighted by atomic mass is 10.1. The SMILES string of the molecule is CN(C)CCNC(=O)c1c(O)c2ccccc2oc1=O. The average Bonchev–Trinajstić information content (AvgIpc) is 2.38. The van der Waals surface area contributed by atoms with E-state index in [1.807, 2.05) is 19.0 Å². The largest absolute Gasteiger partial charge is 0.506 e. The summed E-state index contributed by atoms with van der Waals surface area (Å²) < 4.78 is 5.04. The fourth-order valence-electron chi connectivity index (χ4n) is 1.82. The number of benzene rings is 1. The summed E-state index contributed by atoms with van der Waals surface area (Å²) in [5.41, 5.74) is -0.953. The van der Waals surface area contributed by atoms with E-state index >= 15 is 0 Å². The van der Waals surface area contributed by atoms with Gasteiger partial charge in [0.15, 0.2) is 5.56 Å². The molecule has 0 aliphatic heterocycles. The second-order valence-corrected chi connectivity index (χ2v) is 4.67. The third-order valence-corrected chi connectivity index (χ3v) is 2.86. The number of nitrogens with zero attached hydrogens (tertiary/aromatic N) is 1. The van der Waals surface area contributed by atoms with Gasteiger partial charge in [0, 0.05) is 13.1 Å². The number of likely N-dealkylation sites (N-methyl/N-ethyl adjacent to an activating group) is 1. The first-order chi connectivity index (χ1) is 9.50. The van der Waals surface area contributed by atoms with Crippen molar-refractivity contribution < 1.29 is 14.3 Å². The highest BCUT2D eigenvalue weighted by atomic mass is 16.4. The zero-order chi connectivity index (χ0) is 14.7. The van der Waals surface area contributed by atoms with E-state index in [0.717, 1.165) is 0 Å². The maximum atomic E-state index is 12.0. The van der Waals surface area contributed by atoms with Crippen LogP contribution >= 0.6 is 0 Å². The number of hydrogen-bond acceptors (Lipinski definition) is 5. The van der Waals surface area contributed by atoms with Crippen LogP contribution in [-0.2, 0) is 0 Å². The number of carbonyl (C=O) groups is 1. The normalized spacial score (nSPS) is 10.9. The van der Waals surface area contributed by atoms with Crippen molar-refractivity contribution in [1.82, 2.24) is 10.2 Å². The lowest BCUT2D eigenvalue weighted by molar-refractivity contribution is 0.0944. The molecule has 0 aliphatic carbocycles. The smallest absolute Gasteiger partial charge is 0.353 e. The van der Waals surface area contributed by atoms with E-state index < -0.39 is 11.5 Å². The van der Waals surface area contributed by atoms with Crippen LogP contribution in [0.2, 0.25) is 0 Å². The van der Waals surface area contributed by atoms with Gasteiger partial charge in [0.05, 0.1) is 5.39 Å². The highest BCUT2D eigenvalue weighted by Gasteiger charge is 2.20. The molecule has 0 aliphatic rings. The molecule has 2 aromatic rings. The number of para-hydroxylation sites is 1. The molecule has 2 rings (SSSR count). The topological polar surface area (TPSA) is 82.8 Å². The fraction of sp³-hybridized carbons (Fsp3) is 0.286. The van der Waals surface area contributed by atoms with Gasteiger partial charge in [-0.05, 0) is 26.2 Å². The fourth-order valence-corrected chi connectivity index (χ4v) is 1.82. The first-order valence-corrected chi connectivity index (χ1v) is 6.18. The highest BCUT2D eigenvalue weighted by Crippen LogP contribution is 2.25. The van der Waals surface area contributed by atoms with E-state index in [1.165, 1.54) is 0 Å². The number of fused-ring (bicyclic) bond motifs is 1. The van der Waals surface area contributed by atoms with Gasteiger partial charge < -0.3 is 19.7 Å². The lowest BCUT2D eigenvalue weighted by Gasteiger charge is -2.11. The van der Waals surface area contributed by atoms with Crippen LogP contribution in [0, 0.1) is 0 Å². The molecule has 1 aromatic carbocycles. The van der Waals surface area contributed by atoms with Gasteiger partial charge in [0.2, 0.25) is 0 Å². The van der Waals surface area contributed by atoms with E-state index in [0.29, 0.717) is 18.5 Å². The molecule has 0 radical (unpaired) electrons. The number of rotatable bonds is 4. The van der Waals surface area contributed by atoms with Gasteiger partial charge in [-0.25, -0.2) is 4.79 Å². The molecule has 0 unspecified atom stereocenters. The standard InChI is InChI=1S/C14H16N2O4/c1-16(2)8-7-15-13(18)11-12(17)9-5-3-4-6-10(9)20-14(11)19/h3-6,17H,7-8H2,1-2H3,(H,15,18). The summed E-state index contributed by atoms with van der Waals surface area (Å²) in [5, 5.41) is 13.0. The van der Waals surface area contributed by atoms with Crippen molar-refractivity contribution in [2.24, 2.45) is 0 Å². The van der Waals surface area contributed by atoms with Gasteiger partial charge >= 0.3 is 5.63 Å². The molecule has 0 saturated heterocycles. The maximum Gasteiger partial charge on any atom is 0.353 e. The molecule has 20 heavy (non-hydrogen) atoms. The quantitative estimate of drug-likeness (QED) is 0.807. The van der Waals surface area contributed by atoms with Crippen molar-refractivity contribution in [1.29, 1.82) is 0 Å². The number of nitrogens with one attached hydrogen (secondary N) is 1. The summed E-state index contributed by atoms with van der Waals surface area (Å²) in [6.45, 7) is 1.00. The number of carbonyl (C=O) groups excluding carboxylic acids is 1. The molecule has 6 heteroatoms. The first kappa shape index (κ1) is 14.1. The van der Waals surface area contributed by atoms with Gasteiger partial charge in [-0.2, -0.15) is 0 Å². The third kappa shape index (κ3) is 2.80. The number of hydrogen-bond donors (Lipinski definition) is 2. The second-order valence-electron chi connectivity index (χ2n) is 4.67. The van der Waals surface area contributed by atoms with Crippen molar-refractivity contribution in [2.75, 3.05) is 27.2 Å². The second kappa shape index (κ2) is 5.75. The van der Waals surface area contributed by atoms with Gasteiger partial charge in [-0.1, -0.05) is 12.1 Å². The molecule has 1 aromatic heterocycles. The third-order valence-electron chi connectivity index (χ3n) is 2.86. The minimum absolute atomic E-state index is 0.250. The Morgan fingerprint density at radius 3 is 2.75 bits per heavy atom. The van der Waals surface area contributed by atoms with Gasteiger partial charge in [-0.15, -0.1) is 0 Å². The summed E-state index contributed by atoms with van der Waals surface area (Å²) in [4.78, 5) is 25.6. The average molecular weight is 276 g/mol. The molecule has 0 saturated carbocycles. The van der Waals surface area contributed by atoms with Crippen LogP contribution in [0.15, 0.2) is 33.5 Å². The van der Waals surface area contributed by atoms with Crippen LogP contribution < -0.4 is 10.9 Å². The summed E-state index contributed by atoms with van der Waals surface area (Å²) in [7, 11) is 3.74. The zero-order valence-corrected chi connectivity index (χ0v) is 11.3. The van der Waals surface area contributed by atoms with E-state index in [1.54, 1.807) is 24.3 Å². The van der Waals surface area contributed by atoms with Crippen LogP contribution in [0.4, 0.5) is 0 Å². The monoisotopic (exact) mass is 276 g/mol. The Morgan fingerprint density at radius 1 is 1.35 bits per heavy atom. The van der Waals surface area contributed by atoms with Crippen molar-refractivity contribution in [3.63, 3.8) is 0 Å². The van der Waals surface area contributed by atoms with E-state index in [9.17, 15) is 14.7 Å². The molecule has 1 amide bonds. The minimum Gasteiger partial charge on any atom is -0.506 e. The Labute approximate surface area is 115 Å². The molecular weight excluding hydrogens is 260 g/mol. The summed E-state index contributed by atoms with van der Waals surface area (Å²) >= 11 is 0. The predicted molar refractivity (Wildman–Crippen MR) is 75.0 cm³/mol. The Morgan fingerprint density at radius 2 is 2.05 bits per heavy atom. The molecule has 6 nitrogen and oxygen atoms in total. The van der Waals surface area contributed by atoms with E-state index in [4.69, 9.17) is 4.42 Å². The molecule has 0 spiro atoms. The Kier molecular flexibility index (Phi) is 4.05. The van der Waals surface area contributed by atoms with Gasteiger partial charge in [0.25, 0.3) is 5.91 Å². The Bertz CT molecular complexity index is 691.